The van der Waals surface area contributed by atoms with Crippen molar-refractivity contribution in [1.29, 1.82) is 0 Å². The first-order valence-electron chi connectivity index (χ1n) is 8.63. The summed E-state index contributed by atoms with van der Waals surface area (Å²) in [5.41, 5.74) is 2.44. The number of aromatic carboxylic acids is 1. The number of anilines is 1. The van der Waals surface area contributed by atoms with Gasteiger partial charge in [0.05, 0.1) is 16.7 Å². The summed E-state index contributed by atoms with van der Waals surface area (Å²) in [7, 11) is -3.72. The van der Waals surface area contributed by atoms with Gasteiger partial charge in [0.1, 0.15) is 0 Å². The van der Waals surface area contributed by atoms with Crippen LogP contribution in [0.2, 0.25) is 0 Å². The van der Waals surface area contributed by atoms with E-state index in [1.807, 2.05) is 18.2 Å². The van der Waals surface area contributed by atoms with Crippen molar-refractivity contribution in [2.24, 2.45) is 0 Å². The zero-order valence-corrected chi connectivity index (χ0v) is 16.1. The van der Waals surface area contributed by atoms with E-state index >= 15 is 0 Å². The van der Waals surface area contributed by atoms with Crippen LogP contribution in [0.4, 0.5) is 5.69 Å². The highest BCUT2D eigenvalue weighted by atomic mass is 32.2. The standard InChI is InChI=1S/C23H17NO4S/c25-23(26)21-14-11-19(12-15-21)10-13-20-8-4-5-9-22(20)24-29(27,28)17-16-18-6-2-1-3-7-18/h1-9,11-12,14-17,24H,(H,25,26)/b17-16+. The molecule has 0 aromatic heterocycles. The molecule has 0 bridgehead atoms. The van der Waals surface area contributed by atoms with Crippen LogP contribution >= 0.6 is 0 Å². The number of carbonyl (C=O) groups is 1. The minimum atomic E-state index is -3.72. The van der Waals surface area contributed by atoms with E-state index < -0.39 is 16.0 Å². The van der Waals surface area contributed by atoms with E-state index in [2.05, 4.69) is 16.6 Å². The first kappa shape index (κ1) is 19.9. The second-order valence-corrected chi connectivity index (χ2v) is 7.60. The van der Waals surface area contributed by atoms with Crippen LogP contribution in [0.3, 0.4) is 0 Å². The van der Waals surface area contributed by atoms with E-state index in [-0.39, 0.29) is 5.56 Å². The molecule has 3 rings (SSSR count). The summed E-state index contributed by atoms with van der Waals surface area (Å²) < 4.78 is 27.3. The van der Waals surface area contributed by atoms with Crippen LogP contribution in [0.1, 0.15) is 27.0 Å². The molecule has 0 aliphatic heterocycles. The fraction of sp³-hybridized carbons (Fsp3) is 0. The molecule has 3 aromatic rings. The monoisotopic (exact) mass is 403 g/mol. The molecule has 0 radical (unpaired) electrons. The quantitative estimate of drug-likeness (QED) is 0.626. The molecule has 0 heterocycles. The lowest BCUT2D eigenvalue weighted by molar-refractivity contribution is 0.0697. The van der Waals surface area contributed by atoms with Crippen LogP contribution < -0.4 is 4.72 Å². The maximum Gasteiger partial charge on any atom is 0.335 e. The molecular formula is C23H17NO4S. The highest BCUT2D eigenvalue weighted by Crippen LogP contribution is 2.17. The van der Waals surface area contributed by atoms with Crippen molar-refractivity contribution in [2.45, 2.75) is 0 Å². The number of benzene rings is 3. The number of hydrogen-bond donors (Lipinski definition) is 2. The number of carboxylic acids is 1. The molecule has 144 valence electrons. The molecule has 29 heavy (non-hydrogen) atoms. The fourth-order valence-corrected chi connectivity index (χ4v) is 3.33. The summed E-state index contributed by atoms with van der Waals surface area (Å²) in [6.45, 7) is 0. The van der Waals surface area contributed by atoms with Gasteiger partial charge in [0.25, 0.3) is 10.0 Å². The SMILES string of the molecule is O=C(O)c1ccc(C#Cc2ccccc2NS(=O)(=O)/C=C/c2ccccc2)cc1. The third-order valence-electron chi connectivity index (χ3n) is 3.89. The summed E-state index contributed by atoms with van der Waals surface area (Å²) in [5, 5.41) is 10.0. The van der Waals surface area contributed by atoms with Gasteiger partial charge in [-0.25, -0.2) is 13.2 Å². The Morgan fingerprint density at radius 1 is 0.862 bits per heavy atom. The molecule has 5 nitrogen and oxygen atoms in total. The van der Waals surface area contributed by atoms with Gasteiger partial charge in [-0.1, -0.05) is 54.3 Å². The number of para-hydroxylation sites is 1. The number of rotatable bonds is 5. The molecule has 0 saturated carbocycles. The summed E-state index contributed by atoms with van der Waals surface area (Å²) >= 11 is 0. The summed E-state index contributed by atoms with van der Waals surface area (Å²) in [5.74, 6) is 4.83. The summed E-state index contributed by atoms with van der Waals surface area (Å²) in [6.07, 6.45) is 1.51. The van der Waals surface area contributed by atoms with Gasteiger partial charge in [-0.15, -0.1) is 0 Å². The van der Waals surface area contributed by atoms with Crippen molar-refractivity contribution in [2.75, 3.05) is 4.72 Å². The molecule has 0 aliphatic carbocycles. The van der Waals surface area contributed by atoms with Crippen LogP contribution in [0.5, 0.6) is 0 Å². The maximum absolute atomic E-state index is 12.4. The Kier molecular flexibility index (Phi) is 6.12. The van der Waals surface area contributed by atoms with Crippen molar-refractivity contribution < 1.29 is 18.3 Å². The third kappa shape index (κ3) is 5.83. The van der Waals surface area contributed by atoms with E-state index in [0.29, 0.717) is 16.8 Å². The van der Waals surface area contributed by atoms with Gasteiger partial charge in [-0.05, 0) is 48.0 Å². The normalized spacial score (nSPS) is 10.9. The average Bonchev–Trinajstić information content (AvgIpc) is 2.72. The Hall–Kier alpha value is -3.82. The van der Waals surface area contributed by atoms with Gasteiger partial charge < -0.3 is 5.11 Å². The van der Waals surface area contributed by atoms with Crippen LogP contribution in [0.15, 0.2) is 84.3 Å². The van der Waals surface area contributed by atoms with Crippen molar-refractivity contribution >= 4 is 27.8 Å². The average molecular weight is 403 g/mol. The lowest BCUT2D eigenvalue weighted by Gasteiger charge is -2.06. The Labute approximate surface area is 169 Å². The maximum atomic E-state index is 12.4. The topological polar surface area (TPSA) is 83.5 Å². The number of nitrogens with one attached hydrogen (secondary N) is 1. The van der Waals surface area contributed by atoms with Crippen molar-refractivity contribution in [1.82, 2.24) is 0 Å². The number of sulfonamides is 1. The lowest BCUT2D eigenvalue weighted by atomic mass is 10.1. The van der Waals surface area contributed by atoms with Gasteiger partial charge >= 0.3 is 5.97 Å². The van der Waals surface area contributed by atoms with Crippen molar-refractivity contribution in [3.63, 3.8) is 0 Å². The molecule has 0 spiro atoms. The van der Waals surface area contributed by atoms with E-state index in [9.17, 15) is 13.2 Å². The minimum absolute atomic E-state index is 0.175. The van der Waals surface area contributed by atoms with Crippen LogP contribution in [-0.4, -0.2) is 19.5 Å². The van der Waals surface area contributed by atoms with Gasteiger partial charge in [0, 0.05) is 11.1 Å². The largest absolute Gasteiger partial charge is 0.478 e. The molecular weight excluding hydrogens is 386 g/mol. The zero-order valence-electron chi connectivity index (χ0n) is 15.2. The fourth-order valence-electron chi connectivity index (χ4n) is 2.44. The third-order valence-corrected chi connectivity index (χ3v) is 4.89. The van der Waals surface area contributed by atoms with E-state index in [1.165, 1.54) is 18.2 Å². The molecule has 0 saturated heterocycles. The highest BCUT2D eigenvalue weighted by Gasteiger charge is 2.08. The zero-order chi connectivity index (χ0) is 20.7. The van der Waals surface area contributed by atoms with Crippen molar-refractivity contribution in [3.8, 4) is 11.8 Å². The summed E-state index contributed by atoms with van der Waals surface area (Å²) in [4.78, 5) is 10.9. The van der Waals surface area contributed by atoms with Crippen molar-refractivity contribution in [3.05, 3.63) is 107 Å². The van der Waals surface area contributed by atoms with Gasteiger partial charge in [-0.2, -0.15) is 0 Å². The molecule has 0 unspecified atom stereocenters. The first-order chi connectivity index (χ1) is 13.9. The molecule has 0 amide bonds. The van der Waals surface area contributed by atoms with Gasteiger partial charge in [0.15, 0.2) is 0 Å². The highest BCUT2D eigenvalue weighted by molar-refractivity contribution is 7.95. The Morgan fingerprint density at radius 3 is 2.21 bits per heavy atom. The number of hydrogen-bond acceptors (Lipinski definition) is 3. The van der Waals surface area contributed by atoms with Crippen LogP contribution in [0, 0.1) is 11.8 Å². The van der Waals surface area contributed by atoms with E-state index in [0.717, 1.165) is 11.0 Å². The predicted molar refractivity (Wildman–Crippen MR) is 114 cm³/mol. The molecule has 6 heteroatoms. The predicted octanol–water partition coefficient (Wildman–Crippen LogP) is 4.20. The molecule has 0 fully saturated rings. The molecule has 0 atom stereocenters. The first-order valence-corrected chi connectivity index (χ1v) is 10.2. The van der Waals surface area contributed by atoms with Gasteiger partial charge in [0.2, 0.25) is 0 Å². The van der Waals surface area contributed by atoms with E-state index in [4.69, 9.17) is 5.11 Å². The van der Waals surface area contributed by atoms with Gasteiger partial charge in [-0.3, -0.25) is 4.72 Å². The number of carboxylic acid groups (broad SMARTS) is 1. The Balaban J connectivity index is 1.80. The molecule has 2 N–H and O–H groups in total. The summed E-state index contributed by atoms with van der Waals surface area (Å²) in [6, 6.07) is 22.1. The molecule has 0 aliphatic rings. The minimum Gasteiger partial charge on any atom is -0.478 e. The second kappa shape index (κ2) is 8.91. The van der Waals surface area contributed by atoms with Crippen LogP contribution in [-0.2, 0) is 10.0 Å². The Morgan fingerprint density at radius 2 is 1.52 bits per heavy atom. The van der Waals surface area contributed by atoms with Crippen LogP contribution in [0.25, 0.3) is 6.08 Å². The lowest BCUT2D eigenvalue weighted by Crippen LogP contribution is -2.10. The second-order valence-electron chi connectivity index (χ2n) is 6.04. The van der Waals surface area contributed by atoms with E-state index in [1.54, 1.807) is 48.5 Å². The molecule has 3 aromatic carbocycles. The smallest absolute Gasteiger partial charge is 0.335 e. The Bertz CT molecular complexity index is 1200.